The Bertz CT molecular complexity index is 1090. The fraction of sp³-hybridized carbons (Fsp3) is 0.500. The second kappa shape index (κ2) is 10.4. The highest BCUT2D eigenvalue weighted by atomic mass is 32.2. The molecule has 1 aromatic carbocycles. The van der Waals surface area contributed by atoms with Crippen molar-refractivity contribution in [1.82, 2.24) is 18.8 Å². The number of carbonyl (C=O) groups excluding carboxylic acids is 2. The third-order valence-corrected chi connectivity index (χ3v) is 7.58. The smallest absolute Gasteiger partial charge is 0.309 e. The molecule has 1 aromatic heterocycles. The van der Waals surface area contributed by atoms with E-state index in [1.54, 1.807) is 37.6 Å². The molecule has 0 N–H and O–H groups in total. The number of sulfonamides is 1. The maximum absolute atomic E-state index is 13.4. The van der Waals surface area contributed by atoms with Crippen LogP contribution in [0.15, 0.2) is 35.5 Å². The number of likely N-dealkylation sites (N-methyl/N-ethyl adjacent to an activating group) is 1. The zero-order valence-corrected chi connectivity index (χ0v) is 19.8. The van der Waals surface area contributed by atoms with Gasteiger partial charge in [0.1, 0.15) is 11.6 Å². The van der Waals surface area contributed by atoms with E-state index < -0.39 is 28.5 Å². The van der Waals surface area contributed by atoms with E-state index >= 15 is 0 Å². The Kier molecular flexibility index (Phi) is 7.85. The molecule has 9 nitrogen and oxygen atoms in total. The molecule has 180 valence electrons. The van der Waals surface area contributed by atoms with Gasteiger partial charge in [-0.1, -0.05) is 12.1 Å². The third-order valence-electron chi connectivity index (χ3n) is 5.81. The van der Waals surface area contributed by atoms with Gasteiger partial charge in [-0.15, -0.1) is 0 Å². The number of amides is 1. The maximum Gasteiger partial charge on any atom is 0.309 e. The maximum atomic E-state index is 13.4. The van der Waals surface area contributed by atoms with Crippen LogP contribution >= 0.6 is 0 Å². The predicted molar refractivity (Wildman–Crippen MR) is 118 cm³/mol. The van der Waals surface area contributed by atoms with Gasteiger partial charge in [-0.3, -0.25) is 9.59 Å². The van der Waals surface area contributed by atoms with E-state index in [1.165, 1.54) is 27.5 Å². The van der Waals surface area contributed by atoms with Crippen molar-refractivity contribution < 1.29 is 27.1 Å². The highest BCUT2D eigenvalue weighted by molar-refractivity contribution is 7.89. The summed E-state index contributed by atoms with van der Waals surface area (Å²) in [6, 6.07) is 5.98. The summed E-state index contributed by atoms with van der Waals surface area (Å²) in [5, 5.41) is -0.00734. The first-order valence-corrected chi connectivity index (χ1v) is 12.2. The fourth-order valence-electron chi connectivity index (χ4n) is 3.69. The summed E-state index contributed by atoms with van der Waals surface area (Å²) < 4.78 is 47.1. The van der Waals surface area contributed by atoms with Crippen LogP contribution in [0, 0.1) is 18.7 Å². The van der Waals surface area contributed by atoms with Crippen LogP contribution in [0.1, 0.15) is 31.2 Å². The first-order chi connectivity index (χ1) is 15.6. The van der Waals surface area contributed by atoms with E-state index in [1.807, 2.05) is 0 Å². The molecule has 2 heterocycles. The number of ether oxygens (including phenoxy) is 1. The normalized spacial score (nSPS) is 15.4. The molecule has 1 fully saturated rings. The molecular formula is C22H29FN4O5S. The average Bonchev–Trinajstić information content (AvgIpc) is 3.14. The highest BCUT2D eigenvalue weighted by Crippen LogP contribution is 2.24. The van der Waals surface area contributed by atoms with Gasteiger partial charge in [0.25, 0.3) is 15.9 Å². The summed E-state index contributed by atoms with van der Waals surface area (Å²) in [6.07, 6.45) is 2.08. The monoisotopic (exact) mass is 480 g/mol. The Hall–Kier alpha value is -2.79. The molecule has 0 aliphatic carbocycles. The first kappa shape index (κ1) is 24.8. The van der Waals surface area contributed by atoms with E-state index in [2.05, 4.69) is 4.98 Å². The number of nitrogens with zero attached hydrogens (tertiary/aromatic N) is 4. The van der Waals surface area contributed by atoms with Gasteiger partial charge >= 0.3 is 5.97 Å². The minimum absolute atomic E-state index is 0.00734. The molecule has 3 rings (SSSR count). The van der Waals surface area contributed by atoms with Crippen molar-refractivity contribution in [3.8, 4) is 0 Å². The Balaban J connectivity index is 1.50. The fourth-order valence-corrected chi connectivity index (χ4v) is 5.18. The second-order valence-electron chi connectivity index (χ2n) is 8.06. The topological polar surface area (TPSA) is 102 Å². The molecule has 1 aliphatic rings. The van der Waals surface area contributed by atoms with Gasteiger partial charge in [0.2, 0.25) is 0 Å². The van der Waals surface area contributed by atoms with Crippen molar-refractivity contribution in [3.05, 3.63) is 47.7 Å². The number of hydrogen-bond donors (Lipinski definition) is 0. The number of piperidine rings is 1. The Morgan fingerprint density at radius 1 is 1.27 bits per heavy atom. The lowest BCUT2D eigenvalue weighted by Crippen LogP contribution is -2.41. The number of benzene rings is 1. The Morgan fingerprint density at radius 3 is 2.55 bits per heavy atom. The Morgan fingerprint density at radius 2 is 1.97 bits per heavy atom. The minimum atomic E-state index is -3.72. The molecular weight excluding hydrogens is 451 g/mol. The zero-order chi connectivity index (χ0) is 24.2. The molecule has 11 heteroatoms. The van der Waals surface area contributed by atoms with Crippen molar-refractivity contribution >= 4 is 21.9 Å². The van der Waals surface area contributed by atoms with Crippen LogP contribution in [-0.2, 0) is 37.9 Å². The number of aromatic nitrogens is 2. The van der Waals surface area contributed by atoms with Crippen molar-refractivity contribution in [1.29, 1.82) is 0 Å². The number of esters is 1. The van der Waals surface area contributed by atoms with Gasteiger partial charge < -0.3 is 14.2 Å². The SMILES string of the molecule is CCN(Cc1cccc(F)c1)C(=O)COC(=O)C1CCN(S(=O)(=O)c2cn(C)c(C)n2)CC1. The predicted octanol–water partition coefficient (Wildman–Crippen LogP) is 1.86. The van der Waals surface area contributed by atoms with Crippen molar-refractivity contribution in [2.24, 2.45) is 13.0 Å². The van der Waals surface area contributed by atoms with Crippen LogP contribution in [0.3, 0.4) is 0 Å². The molecule has 1 aliphatic heterocycles. The minimum Gasteiger partial charge on any atom is -0.455 e. The zero-order valence-electron chi connectivity index (χ0n) is 19.0. The van der Waals surface area contributed by atoms with E-state index in [0.29, 0.717) is 30.8 Å². The number of carbonyl (C=O) groups is 2. The van der Waals surface area contributed by atoms with Crippen molar-refractivity contribution in [2.45, 2.75) is 38.3 Å². The van der Waals surface area contributed by atoms with Crippen LogP contribution in [-0.4, -0.2) is 65.3 Å². The van der Waals surface area contributed by atoms with Crippen LogP contribution in [0.4, 0.5) is 4.39 Å². The molecule has 0 atom stereocenters. The van der Waals surface area contributed by atoms with Crippen LogP contribution in [0.25, 0.3) is 0 Å². The molecule has 0 spiro atoms. The van der Waals surface area contributed by atoms with Gasteiger partial charge in [0.05, 0.1) is 5.92 Å². The number of imidazole rings is 1. The molecule has 1 amide bonds. The summed E-state index contributed by atoms with van der Waals surface area (Å²) in [5.74, 6) is -1.16. The van der Waals surface area contributed by atoms with E-state index in [0.717, 1.165) is 0 Å². The Labute approximate surface area is 193 Å². The van der Waals surface area contributed by atoms with Crippen LogP contribution in [0.2, 0.25) is 0 Å². The van der Waals surface area contributed by atoms with E-state index in [-0.39, 0.29) is 36.4 Å². The summed E-state index contributed by atoms with van der Waals surface area (Å²) in [6.45, 7) is 4.05. The van der Waals surface area contributed by atoms with Crippen LogP contribution in [0.5, 0.6) is 0 Å². The molecule has 0 bridgehead atoms. The summed E-state index contributed by atoms with van der Waals surface area (Å²) >= 11 is 0. The average molecular weight is 481 g/mol. The summed E-state index contributed by atoms with van der Waals surface area (Å²) in [5.41, 5.74) is 0.646. The molecule has 2 aromatic rings. The number of aryl methyl sites for hydroxylation is 2. The molecule has 0 saturated carbocycles. The molecule has 0 radical (unpaired) electrons. The largest absolute Gasteiger partial charge is 0.455 e. The second-order valence-corrected chi connectivity index (χ2v) is 9.95. The van der Waals surface area contributed by atoms with Gasteiger partial charge in [0, 0.05) is 39.4 Å². The lowest BCUT2D eigenvalue weighted by atomic mass is 9.98. The van der Waals surface area contributed by atoms with E-state index in [9.17, 15) is 22.4 Å². The van der Waals surface area contributed by atoms with Gasteiger partial charge in [-0.25, -0.2) is 17.8 Å². The van der Waals surface area contributed by atoms with Crippen molar-refractivity contribution in [3.63, 3.8) is 0 Å². The summed E-state index contributed by atoms with van der Waals surface area (Å²) in [4.78, 5) is 30.5. The number of hydrogen-bond acceptors (Lipinski definition) is 6. The summed E-state index contributed by atoms with van der Waals surface area (Å²) in [7, 11) is -2.00. The van der Waals surface area contributed by atoms with Crippen LogP contribution < -0.4 is 0 Å². The van der Waals surface area contributed by atoms with Gasteiger partial charge in [-0.2, -0.15) is 4.31 Å². The number of rotatable bonds is 8. The highest BCUT2D eigenvalue weighted by Gasteiger charge is 2.34. The third kappa shape index (κ3) is 5.97. The molecule has 0 unspecified atom stereocenters. The number of halogens is 1. The van der Waals surface area contributed by atoms with Gasteiger partial charge in [-0.05, 0) is 44.4 Å². The lowest BCUT2D eigenvalue weighted by molar-refractivity contribution is -0.156. The van der Waals surface area contributed by atoms with Crippen molar-refractivity contribution in [2.75, 3.05) is 26.2 Å². The lowest BCUT2D eigenvalue weighted by Gasteiger charge is -2.29. The molecule has 1 saturated heterocycles. The van der Waals surface area contributed by atoms with Gasteiger partial charge in [0.15, 0.2) is 11.6 Å². The van der Waals surface area contributed by atoms with E-state index in [4.69, 9.17) is 4.74 Å². The standard InChI is InChI=1S/C22H29FN4O5S/c1-4-26(13-17-6-5-7-19(23)12-17)21(28)15-32-22(29)18-8-10-27(11-9-18)33(30,31)20-14-25(3)16(2)24-20/h5-7,12,14,18H,4,8-11,13,15H2,1-3H3. The quantitative estimate of drug-likeness (QED) is 0.535. The molecule has 33 heavy (non-hydrogen) atoms. The first-order valence-electron chi connectivity index (χ1n) is 10.8.